The second kappa shape index (κ2) is 11.9. The molecule has 0 aromatic carbocycles. The molecular weight excluding hydrogens is 437 g/mol. The second-order valence-corrected chi connectivity index (χ2v) is 22.0. The van der Waals surface area contributed by atoms with Gasteiger partial charge in [0.25, 0.3) is 0 Å². The summed E-state index contributed by atoms with van der Waals surface area (Å²) in [4.78, 5) is 0. The Morgan fingerprint density at radius 1 is 0.963 bits per heavy atom. The van der Waals surface area contributed by atoms with Crippen LogP contribution in [-0.2, 0) is 0 Å². The first-order valence-corrected chi connectivity index (χ1v) is 19.5. The maximum absolute atomic E-state index is 11.8. The van der Waals surface area contributed by atoms with Gasteiger partial charge in [0.15, 0.2) is 0 Å². The predicted molar refractivity (Wildman–Crippen MR) is 120 cm³/mol. The fourth-order valence-corrected chi connectivity index (χ4v) is 19.2. The van der Waals surface area contributed by atoms with Crippen LogP contribution >= 0.6 is 0 Å². The Hall–Kier alpha value is -0.0113. The van der Waals surface area contributed by atoms with Gasteiger partial charge in [-0.2, -0.15) is 0 Å². The van der Waals surface area contributed by atoms with Gasteiger partial charge in [-0.15, -0.1) is 0 Å². The molecule has 1 aliphatic rings. The Bertz CT molecular complexity index is 465. The van der Waals surface area contributed by atoms with E-state index in [1.165, 1.54) is 51.8 Å². The van der Waals surface area contributed by atoms with E-state index in [9.17, 15) is 10.4 Å². The Morgan fingerprint density at radius 3 is 1.70 bits per heavy atom. The second-order valence-electron chi connectivity index (χ2n) is 9.04. The zero-order valence-corrected chi connectivity index (χ0v) is 21.7. The van der Waals surface area contributed by atoms with E-state index in [1.54, 1.807) is 0 Å². The van der Waals surface area contributed by atoms with Gasteiger partial charge in [-0.1, -0.05) is 0 Å². The van der Waals surface area contributed by atoms with Crippen molar-refractivity contribution in [3.05, 3.63) is 10.2 Å². The molecule has 0 aromatic heterocycles. The zero-order chi connectivity index (χ0) is 20.4. The maximum atomic E-state index is 11.8. The van der Waals surface area contributed by atoms with Crippen LogP contribution < -0.4 is 0 Å². The van der Waals surface area contributed by atoms with E-state index in [1.807, 2.05) is 0 Å². The molecule has 1 N–H and O–H groups in total. The molecule has 27 heavy (non-hydrogen) atoms. The van der Waals surface area contributed by atoms with E-state index in [0.717, 1.165) is 25.7 Å². The predicted octanol–water partition coefficient (Wildman–Crippen LogP) is 7.40. The minimum absolute atomic E-state index is 0.198. The quantitative estimate of drug-likeness (QED) is 0.247. The third kappa shape index (κ3) is 6.23. The van der Waals surface area contributed by atoms with E-state index in [0.29, 0.717) is 0 Å². The average molecular weight is 482 g/mol. The molecule has 1 saturated carbocycles. The standard InChI is InChI=1S/C12H18NO.3C4H9.Sn/c1-4-10(5-2)12(14,6-3)11(9-13)7-8-11;3*1-3-4-2;/h3,6,10,14H,4-5,7-8H2,1-2H3;3*1,3-4H2,2H3;. The Morgan fingerprint density at radius 2 is 1.41 bits per heavy atom. The topological polar surface area (TPSA) is 44.0 Å². The summed E-state index contributed by atoms with van der Waals surface area (Å²) in [5, 5.41) is 21.7. The number of hydrogen-bond acceptors (Lipinski definition) is 2. The van der Waals surface area contributed by atoms with E-state index < -0.39 is 29.4 Å². The first kappa shape index (κ1) is 25.0. The number of nitrogens with zero attached hydrogens (tertiary/aromatic N) is 1. The van der Waals surface area contributed by atoms with Gasteiger partial charge in [0, 0.05) is 0 Å². The van der Waals surface area contributed by atoms with Crippen LogP contribution in [0.15, 0.2) is 10.2 Å². The van der Waals surface area contributed by atoms with Crippen molar-refractivity contribution in [1.29, 1.82) is 5.26 Å². The summed E-state index contributed by atoms with van der Waals surface area (Å²) in [7, 11) is 0. The number of rotatable bonds is 15. The van der Waals surface area contributed by atoms with Gasteiger partial charge < -0.3 is 0 Å². The van der Waals surface area contributed by atoms with E-state index >= 15 is 0 Å². The molecule has 1 fully saturated rings. The molecule has 0 heterocycles. The summed E-state index contributed by atoms with van der Waals surface area (Å²) >= 11 is -2.44. The Kier molecular flexibility index (Phi) is 11.0. The van der Waals surface area contributed by atoms with E-state index in [2.05, 4.69) is 50.9 Å². The van der Waals surface area contributed by atoms with E-state index in [4.69, 9.17) is 0 Å². The number of unbranched alkanes of at least 4 members (excludes halogenated alkanes) is 3. The summed E-state index contributed by atoms with van der Waals surface area (Å²) in [6.45, 7) is 11.2. The van der Waals surface area contributed by atoms with Crippen LogP contribution in [0.4, 0.5) is 0 Å². The van der Waals surface area contributed by atoms with Gasteiger partial charge in [0.2, 0.25) is 0 Å². The summed E-state index contributed by atoms with van der Waals surface area (Å²) in [6.07, 6.45) is 13.6. The molecular formula is C24H45NOSn. The minimum atomic E-state index is -2.44. The van der Waals surface area contributed by atoms with Crippen LogP contribution in [0.3, 0.4) is 0 Å². The third-order valence-electron chi connectivity index (χ3n) is 7.11. The molecule has 2 nitrogen and oxygen atoms in total. The molecule has 0 amide bonds. The summed E-state index contributed by atoms with van der Waals surface area (Å²) < 4.78 is 6.84. The van der Waals surface area contributed by atoms with Crippen molar-refractivity contribution >= 4 is 18.4 Å². The molecule has 156 valence electrons. The van der Waals surface area contributed by atoms with Crippen LogP contribution in [-0.4, -0.2) is 29.1 Å². The van der Waals surface area contributed by atoms with Crippen molar-refractivity contribution in [1.82, 2.24) is 0 Å². The first-order chi connectivity index (χ1) is 12.9. The van der Waals surface area contributed by atoms with Crippen LogP contribution in [0.1, 0.15) is 98.8 Å². The van der Waals surface area contributed by atoms with Gasteiger partial charge in [-0.3, -0.25) is 0 Å². The fourth-order valence-electron chi connectivity index (χ4n) is 4.84. The normalized spacial score (nSPS) is 18.6. The van der Waals surface area contributed by atoms with Crippen molar-refractivity contribution < 1.29 is 5.11 Å². The molecule has 0 saturated heterocycles. The molecule has 1 unspecified atom stereocenters. The molecule has 0 aromatic rings. The molecule has 0 aliphatic heterocycles. The van der Waals surface area contributed by atoms with Crippen LogP contribution in [0.5, 0.6) is 0 Å². The molecule has 0 bridgehead atoms. The molecule has 1 aliphatic carbocycles. The number of nitriles is 1. The van der Waals surface area contributed by atoms with Gasteiger partial charge in [0.1, 0.15) is 0 Å². The van der Waals surface area contributed by atoms with Crippen LogP contribution in [0.2, 0.25) is 13.3 Å². The van der Waals surface area contributed by atoms with Crippen LogP contribution in [0, 0.1) is 22.7 Å². The molecule has 1 atom stereocenters. The van der Waals surface area contributed by atoms with Crippen molar-refractivity contribution in [2.75, 3.05) is 0 Å². The Balaban J connectivity index is 3.25. The molecule has 0 spiro atoms. The number of aliphatic hydroxyl groups is 1. The van der Waals surface area contributed by atoms with Gasteiger partial charge >= 0.3 is 174 Å². The molecule has 0 radical (unpaired) electrons. The first-order valence-electron chi connectivity index (χ1n) is 11.8. The molecule has 1 rings (SSSR count). The van der Waals surface area contributed by atoms with Crippen LogP contribution in [0.25, 0.3) is 0 Å². The van der Waals surface area contributed by atoms with Gasteiger partial charge in [-0.05, 0) is 0 Å². The van der Waals surface area contributed by atoms with Gasteiger partial charge in [0.05, 0.1) is 0 Å². The molecule has 3 heteroatoms. The zero-order valence-electron chi connectivity index (χ0n) is 18.8. The summed E-state index contributed by atoms with van der Waals surface area (Å²) in [5.74, 6) is 0.198. The van der Waals surface area contributed by atoms with Gasteiger partial charge in [-0.25, -0.2) is 0 Å². The fraction of sp³-hybridized carbons (Fsp3) is 0.875. The summed E-state index contributed by atoms with van der Waals surface area (Å²) in [5.41, 5.74) is -1.43. The van der Waals surface area contributed by atoms with Crippen molar-refractivity contribution in [3.63, 3.8) is 0 Å². The third-order valence-corrected chi connectivity index (χ3v) is 21.2. The summed E-state index contributed by atoms with van der Waals surface area (Å²) in [6, 6.07) is 2.53. The number of hydrogen-bond donors (Lipinski definition) is 1. The van der Waals surface area contributed by atoms with E-state index in [-0.39, 0.29) is 5.92 Å². The monoisotopic (exact) mass is 483 g/mol. The van der Waals surface area contributed by atoms with Crippen molar-refractivity contribution in [3.8, 4) is 6.07 Å². The Labute approximate surface area is 173 Å². The van der Waals surface area contributed by atoms with Crippen molar-refractivity contribution in [2.24, 2.45) is 11.3 Å². The van der Waals surface area contributed by atoms with Crippen molar-refractivity contribution in [2.45, 2.75) is 118 Å². The SMILES string of the molecule is CCC[CH2][Sn](/[CH]=C/C(O)(C(CC)CC)C1(C#N)CC1)([CH2]CCC)[CH2]CCC. The average Bonchev–Trinajstić information content (AvgIpc) is 3.49.